The van der Waals surface area contributed by atoms with Crippen molar-refractivity contribution in [3.05, 3.63) is 53.3 Å². The van der Waals surface area contributed by atoms with Crippen LogP contribution in [0.25, 0.3) is 0 Å². The van der Waals surface area contributed by atoms with Crippen LogP contribution in [-0.4, -0.2) is 58.0 Å². The lowest BCUT2D eigenvalue weighted by Crippen LogP contribution is -2.54. The van der Waals surface area contributed by atoms with Crippen LogP contribution in [0.15, 0.2) is 36.4 Å². The van der Waals surface area contributed by atoms with Crippen molar-refractivity contribution in [2.45, 2.75) is 38.0 Å². The number of hydrogen-bond donors (Lipinski definition) is 1. The van der Waals surface area contributed by atoms with E-state index in [0.29, 0.717) is 37.8 Å². The molecule has 6 nitrogen and oxygen atoms in total. The SMILES string of the molecule is CC(C)(C(=O)N1CCN(C(=O)c2cc(C3CC3)[nH]n2)CC1)c1ccccc1. The monoisotopic (exact) mass is 366 g/mol. The topological polar surface area (TPSA) is 69.3 Å². The number of aromatic amines is 1. The highest BCUT2D eigenvalue weighted by atomic mass is 16.2. The second-order valence-corrected chi connectivity index (χ2v) is 8.06. The zero-order valence-electron chi connectivity index (χ0n) is 15.9. The van der Waals surface area contributed by atoms with Crippen molar-refractivity contribution in [2.75, 3.05) is 26.2 Å². The Labute approximate surface area is 159 Å². The van der Waals surface area contributed by atoms with Crippen molar-refractivity contribution < 1.29 is 9.59 Å². The van der Waals surface area contributed by atoms with Gasteiger partial charge in [0.1, 0.15) is 5.69 Å². The Bertz CT molecular complexity index is 831. The summed E-state index contributed by atoms with van der Waals surface area (Å²) in [4.78, 5) is 29.4. The molecule has 1 aliphatic carbocycles. The van der Waals surface area contributed by atoms with Gasteiger partial charge in [-0.1, -0.05) is 30.3 Å². The van der Waals surface area contributed by atoms with Gasteiger partial charge in [0.15, 0.2) is 0 Å². The van der Waals surface area contributed by atoms with E-state index < -0.39 is 5.41 Å². The quantitative estimate of drug-likeness (QED) is 0.904. The predicted molar refractivity (Wildman–Crippen MR) is 103 cm³/mol. The highest BCUT2D eigenvalue weighted by Crippen LogP contribution is 2.39. The Hall–Kier alpha value is -2.63. The van der Waals surface area contributed by atoms with Gasteiger partial charge < -0.3 is 9.80 Å². The number of nitrogens with zero attached hydrogens (tertiary/aromatic N) is 3. The first kappa shape index (κ1) is 17.8. The summed E-state index contributed by atoms with van der Waals surface area (Å²) in [6.45, 7) is 6.13. The number of piperazine rings is 1. The summed E-state index contributed by atoms with van der Waals surface area (Å²) in [5.41, 5.74) is 1.99. The van der Waals surface area contributed by atoms with Gasteiger partial charge in [-0.3, -0.25) is 14.7 Å². The zero-order valence-corrected chi connectivity index (χ0v) is 15.9. The smallest absolute Gasteiger partial charge is 0.274 e. The molecule has 4 rings (SSSR count). The molecule has 2 aliphatic rings. The van der Waals surface area contributed by atoms with Crippen LogP contribution in [0.5, 0.6) is 0 Å². The summed E-state index contributed by atoms with van der Waals surface area (Å²) in [6.07, 6.45) is 2.35. The number of H-pyrrole nitrogens is 1. The molecule has 1 saturated carbocycles. The van der Waals surface area contributed by atoms with Gasteiger partial charge in [0.25, 0.3) is 5.91 Å². The summed E-state index contributed by atoms with van der Waals surface area (Å²) < 4.78 is 0. The van der Waals surface area contributed by atoms with Crippen LogP contribution < -0.4 is 0 Å². The molecule has 1 N–H and O–H groups in total. The Morgan fingerprint density at radius 3 is 2.30 bits per heavy atom. The van der Waals surface area contributed by atoms with Crippen molar-refractivity contribution in [3.8, 4) is 0 Å². The van der Waals surface area contributed by atoms with Gasteiger partial charge in [-0.05, 0) is 38.3 Å². The fraction of sp³-hybridized carbons (Fsp3) is 0.476. The minimum Gasteiger partial charge on any atom is -0.338 e. The van der Waals surface area contributed by atoms with Gasteiger partial charge in [0.05, 0.1) is 5.41 Å². The van der Waals surface area contributed by atoms with Crippen LogP contribution in [0, 0.1) is 0 Å². The van der Waals surface area contributed by atoms with Gasteiger partial charge in [0.2, 0.25) is 5.91 Å². The van der Waals surface area contributed by atoms with E-state index in [-0.39, 0.29) is 11.8 Å². The van der Waals surface area contributed by atoms with E-state index in [2.05, 4.69) is 10.2 Å². The average Bonchev–Trinajstić information content (AvgIpc) is 3.44. The summed E-state index contributed by atoms with van der Waals surface area (Å²) in [7, 11) is 0. The second-order valence-electron chi connectivity index (χ2n) is 8.06. The lowest BCUT2D eigenvalue weighted by molar-refractivity contribution is -0.137. The Morgan fingerprint density at radius 2 is 1.67 bits per heavy atom. The van der Waals surface area contributed by atoms with Crippen LogP contribution >= 0.6 is 0 Å². The van der Waals surface area contributed by atoms with E-state index in [1.54, 1.807) is 4.90 Å². The molecule has 0 bridgehead atoms. The van der Waals surface area contributed by atoms with Crippen LogP contribution in [0.3, 0.4) is 0 Å². The van der Waals surface area contributed by atoms with Crippen LogP contribution in [-0.2, 0) is 10.2 Å². The average molecular weight is 366 g/mol. The van der Waals surface area contributed by atoms with E-state index in [9.17, 15) is 9.59 Å². The first-order chi connectivity index (χ1) is 13.0. The molecule has 2 aromatic rings. The van der Waals surface area contributed by atoms with Crippen molar-refractivity contribution in [2.24, 2.45) is 0 Å². The molecular weight excluding hydrogens is 340 g/mol. The minimum absolute atomic E-state index is 0.0485. The molecule has 6 heteroatoms. The van der Waals surface area contributed by atoms with Gasteiger partial charge in [-0.25, -0.2) is 0 Å². The number of benzene rings is 1. The minimum atomic E-state index is -0.575. The number of amides is 2. The standard InChI is InChI=1S/C21H26N4O2/c1-21(2,16-6-4-3-5-7-16)20(27)25-12-10-24(11-13-25)19(26)18-14-17(22-23-18)15-8-9-15/h3-7,14-15H,8-13H2,1-2H3,(H,22,23). The number of rotatable bonds is 4. The number of carbonyl (C=O) groups excluding carboxylic acids is 2. The second kappa shape index (κ2) is 6.83. The van der Waals surface area contributed by atoms with Crippen LogP contribution in [0.1, 0.15) is 54.4 Å². The molecule has 0 spiro atoms. The van der Waals surface area contributed by atoms with E-state index in [0.717, 1.165) is 11.3 Å². The van der Waals surface area contributed by atoms with Gasteiger partial charge in [-0.2, -0.15) is 5.10 Å². The molecule has 0 unspecified atom stereocenters. The first-order valence-electron chi connectivity index (χ1n) is 9.66. The molecule has 1 aliphatic heterocycles. The summed E-state index contributed by atoms with van der Waals surface area (Å²) in [6, 6.07) is 11.7. The Balaban J connectivity index is 1.38. The number of hydrogen-bond acceptors (Lipinski definition) is 3. The fourth-order valence-corrected chi connectivity index (χ4v) is 3.70. The van der Waals surface area contributed by atoms with Crippen LogP contribution in [0.2, 0.25) is 0 Å². The van der Waals surface area contributed by atoms with Crippen molar-refractivity contribution in [1.29, 1.82) is 0 Å². The van der Waals surface area contributed by atoms with Crippen molar-refractivity contribution in [1.82, 2.24) is 20.0 Å². The predicted octanol–water partition coefficient (Wildman–Crippen LogP) is 2.55. The first-order valence-corrected chi connectivity index (χ1v) is 9.66. The lowest BCUT2D eigenvalue weighted by atomic mass is 9.83. The lowest BCUT2D eigenvalue weighted by Gasteiger charge is -2.38. The highest BCUT2D eigenvalue weighted by molar-refractivity contribution is 5.93. The number of nitrogens with one attached hydrogen (secondary N) is 1. The van der Waals surface area contributed by atoms with E-state index in [4.69, 9.17) is 0 Å². The maximum absolute atomic E-state index is 13.1. The van der Waals surface area contributed by atoms with Crippen LogP contribution in [0.4, 0.5) is 0 Å². The highest BCUT2D eigenvalue weighted by Gasteiger charge is 2.36. The molecule has 2 fully saturated rings. The van der Waals surface area contributed by atoms with E-state index >= 15 is 0 Å². The van der Waals surface area contributed by atoms with E-state index in [1.165, 1.54) is 12.8 Å². The third kappa shape index (κ3) is 3.48. The summed E-state index contributed by atoms with van der Waals surface area (Å²) >= 11 is 0. The third-order valence-corrected chi connectivity index (χ3v) is 5.72. The van der Waals surface area contributed by atoms with Gasteiger partial charge in [0, 0.05) is 37.8 Å². The normalized spacial score (nSPS) is 17.9. The number of aromatic nitrogens is 2. The molecular formula is C21H26N4O2. The molecule has 2 amide bonds. The molecule has 1 saturated heterocycles. The molecule has 142 valence electrons. The summed E-state index contributed by atoms with van der Waals surface area (Å²) in [5.74, 6) is 0.609. The maximum atomic E-state index is 13.1. The van der Waals surface area contributed by atoms with Gasteiger partial charge in [-0.15, -0.1) is 0 Å². The van der Waals surface area contributed by atoms with Crippen molar-refractivity contribution in [3.63, 3.8) is 0 Å². The molecule has 1 aromatic carbocycles. The van der Waals surface area contributed by atoms with Crippen molar-refractivity contribution >= 4 is 11.8 Å². The molecule has 0 atom stereocenters. The zero-order chi connectivity index (χ0) is 19.0. The molecule has 0 radical (unpaired) electrons. The summed E-state index contributed by atoms with van der Waals surface area (Å²) in [5, 5.41) is 7.18. The molecule has 1 aromatic heterocycles. The van der Waals surface area contributed by atoms with Gasteiger partial charge >= 0.3 is 0 Å². The molecule has 27 heavy (non-hydrogen) atoms. The third-order valence-electron chi connectivity index (χ3n) is 5.72. The van der Waals surface area contributed by atoms with E-state index in [1.807, 2.05) is 55.1 Å². The largest absolute Gasteiger partial charge is 0.338 e. The number of carbonyl (C=O) groups is 2. The molecule has 2 heterocycles. The fourth-order valence-electron chi connectivity index (χ4n) is 3.70. The maximum Gasteiger partial charge on any atom is 0.274 e. The Kier molecular flexibility index (Phi) is 4.50. The Morgan fingerprint density at radius 1 is 1.04 bits per heavy atom.